The van der Waals surface area contributed by atoms with Gasteiger partial charge in [-0.2, -0.15) is 4.98 Å². The Balaban J connectivity index is 1.23. The Morgan fingerprint density at radius 1 is 0.861 bits per heavy atom. The molecule has 0 saturated carbocycles. The summed E-state index contributed by atoms with van der Waals surface area (Å²) in [5.74, 6) is 0.475. The lowest BCUT2D eigenvalue weighted by atomic mass is 10.1. The second-order valence-electron chi connectivity index (χ2n) is 9.14. The second kappa shape index (κ2) is 9.79. The number of rotatable bonds is 6. The number of benzene rings is 3. The second-order valence-corrected chi connectivity index (χ2v) is 9.14. The molecule has 5 aromatic rings. The lowest BCUT2D eigenvalue weighted by molar-refractivity contribution is 0.589. The molecule has 1 aliphatic rings. The van der Waals surface area contributed by atoms with Crippen LogP contribution in [-0.4, -0.2) is 40.7 Å². The van der Waals surface area contributed by atoms with Crippen molar-refractivity contribution in [3.63, 3.8) is 0 Å². The van der Waals surface area contributed by atoms with E-state index in [0.717, 1.165) is 43.7 Å². The topological polar surface area (TPSA) is 75.1 Å². The summed E-state index contributed by atoms with van der Waals surface area (Å²) in [5, 5.41) is 9.94. The van der Waals surface area contributed by atoms with E-state index < -0.39 is 0 Å². The van der Waals surface area contributed by atoms with E-state index in [1.807, 2.05) is 24.3 Å². The number of aromatic nitrogens is 3. The van der Waals surface area contributed by atoms with Crippen molar-refractivity contribution in [3.05, 3.63) is 101 Å². The summed E-state index contributed by atoms with van der Waals surface area (Å²) in [4.78, 5) is 24.4. The minimum atomic E-state index is -0.0617. The van der Waals surface area contributed by atoms with Crippen LogP contribution in [-0.2, 0) is 13.0 Å². The zero-order valence-electron chi connectivity index (χ0n) is 20.0. The largest absolute Gasteiger partial charge is 0.369 e. The van der Waals surface area contributed by atoms with Gasteiger partial charge >= 0.3 is 0 Å². The highest BCUT2D eigenvalue weighted by Gasteiger charge is 2.11. The van der Waals surface area contributed by atoms with Crippen molar-refractivity contribution < 1.29 is 0 Å². The fourth-order valence-corrected chi connectivity index (χ4v) is 4.79. The predicted octanol–water partition coefficient (Wildman–Crippen LogP) is 4.34. The maximum absolute atomic E-state index is 12.8. The maximum Gasteiger partial charge on any atom is 0.252 e. The highest BCUT2D eigenvalue weighted by atomic mass is 16.1. The first-order chi connectivity index (χ1) is 17.7. The third-order valence-corrected chi connectivity index (χ3v) is 6.77. The Morgan fingerprint density at radius 2 is 1.64 bits per heavy atom. The van der Waals surface area contributed by atoms with Gasteiger partial charge in [-0.15, -0.1) is 0 Å². The van der Waals surface area contributed by atoms with E-state index in [1.165, 1.54) is 22.0 Å². The summed E-state index contributed by atoms with van der Waals surface area (Å²) >= 11 is 0. The Labute approximate surface area is 209 Å². The summed E-state index contributed by atoms with van der Waals surface area (Å²) in [6, 6.07) is 26.5. The minimum absolute atomic E-state index is 0.0617. The molecule has 180 valence electrons. The third kappa shape index (κ3) is 4.65. The average Bonchev–Trinajstić information content (AvgIpc) is 2.93. The Hall–Kier alpha value is -4.23. The number of hydrogen-bond acceptors (Lipinski definition) is 6. The van der Waals surface area contributed by atoms with E-state index in [0.29, 0.717) is 18.1 Å². The van der Waals surface area contributed by atoms with Crippen LogP contribution >= 0.6 is 0 Å². The lowest BCUT2D eigenvalue weighted by Crippen LogP contribution is -2.43. The average molecular weight is 477 g/mol. The van der Waals surface area contributed by atoms with Crippen LogP contribution in [0.15, 0.2) is 89.9 Å². The fraction of sp³-hybridized carbons (Fsp3) is 0.207. The summed E-state index contributed by atoms with van der Waals surface area (Å²) < 4.78 is 1.74. The van der Waals surface area contributed by atoms with Crippen molar-refractivity contribution in [3.8, 4) is 0 Å². The van der Waals surface area contributed by atoms with Gasteiger partial charge in [0.25, 0.3) is 5.56 Å². The first-order valence-corrected chi connectivity index (χ1v) is 12.4. The van der Waals surface area contributed by atoms with E-state index in [4.69, 9.17) is 4.98 Å². The molecule has 0 bridgehead atoms. The zero-order valence-corrected chi connectivity index (χ0v) is 20.0. The molecule has 0 aliphatic carbocycles. The summed E-state index contributed by atoms with van der Waals surface area (Å²) in [6.07, 6.45) is 2.51. The molecule has 1 fully saturated rings. The van der Waals surface area contributed by atoms with Gasteiger partial charge in [-0.05, 0) is 53.1 Å². The fourth-order valence-electron chi connectivity index (χ4n) is 4.79. The molecule has 3 heterocycles. The molecule has 36 heavy (non-hydrogen) atoms. The molecule has 0 atom stereocenters. The minimum Gasteiger partial charge on any atom is -0.369 e. The van der Waals surface area contributed by atoms with Crippen LogP contribution in [0.5, 0.6) is 0 Å². The number of aryl methyl sites for hydroxylation is 2. The van der Waals surface area contributed by atoms with Gasteiger partial charge in [0.15, 0.2) is 0 Å². The number of nitrogens with one attached hydrogen (secondary N) is 2. The standard InChI is InChI=1S/C29H28N6O/c36-27-12-7-24-20-31-29(32-25-8-10-26(11-9-25)34-17-14-30-15-18-34)33-28(24)35(27)16-13-21-5-6-22-3-1-2-4-23(22)19-21/h1-12,19-20,30H,13-18H2,(H,31,32,33). The van der Waals surface area contributed by atoms with Crippen molar-refractivity contribution in [1.82, 2.24) is 19.9 Å². The Bertz CT molecular complexity index is 1570. The van der Waals surface area contributed by atoms with Gasteiger partial charge in [0, 0.05) is 61.7 Å². The molecule has 0 spiro atoms. The van der Waals surface area contributed by atoms with Crippen molar-refractivity contribution in [2.75, 3.05) is 36.4 Å². The van der Waals surface area contributed by atoms with Crippen molar-refractivity contribution in [2.45, 2.75) is 13.0 Å². The molecule has 7 heteroatoms. The van der Waals surface area contributed by atoms with Crippen LogP contribution in [0.2, 0.25) is 0 Å². The van der Waals surface area contributed by atoms with E-state index in [2.05, 4.69) is 63.0 Å². The normalized spacial score (nSPS) is 13.8. The molecule has 3 aromatic carbocycles. The quantitative estimate of drug-likeness (QED) is 0.380. The van der Waals surface area contributed by atoms with E-state index >= 15 is 0 Å². The SMILES string of the molecule is O=c1ccc2cnc(Nc3ccc(N4CCNCC4)cc3)nc2n1CCc1ccc2ccccc2c1. The maximum atomic E-state index is 12.8. The molecule has 1 saturated heterocycles. The molecule has 2 aromatic heterocycles. The molecular formula is C29H28N6O. The molecule has 1 aliphatic heterocycles. The predicted molar refractivity (Wildman–Crippen MR) is 146 cm³/mol. The van der Waals surface area contributed by atoms with Gasteiger partial charge in [-0.25, -0.2) is 4.98 Å². The Kier molecular flexibility index (Phi) is 6.05. The van der Waals surface area contributed by atoms with E-state index in [9.17, 15) is 4.79 Å². The van der Waals surface area contributed by atoms with E-state index in [1.54, 1.807) is 22.9 Å². The van der Waals surface area contributed by atoms with Gasteiger partial charge in [-0.1, -0.05) is 42.5 Å². The first kappa shape index (κ1) is 22.2. The number of pyridine rings is 1. The van der Waals surface area contributed by atoms with Crippen LogP contribution in [0, 0.1) is 0 Å². The molecule has 0 amide bonds. The molecule has 7 nitrogen and oxygen atoms in total. The molecule has 2 N–H and O–H groups in total. The van der Waals surface area contributed by atoms with Crippen LogP contribution in [0.4, 0.5) is 17.3 Å². The van der Waals surface area contributed by atoms with Crippen molar-refractivity contribution in [2.24, 2.45) is 0 Å². The first-order valence-electron chi connectivity index (χ1n) is 12.4. The molecule has 0 radical (unpaired) electrons. The zero-order chi connectivity index (χ0) is 24.3. The highest BCUT2D eigenvalue weighted by molar-refractivity contribution is 5.83. The summed E-state index contributed by atoms with van der Waals surface area (Å²) in [6.45, 7) is 4.58. The van der Waals surface area contributed by atoms with Gasteiger partial charge in [0.2, 0.25) is 5.95 Å². The molecule has 6 rings (SSSR count). The van der Waals surface area contributed by atoms with Crippen LogP contribution in [0.25, 0.3) is 21.8 Å². The van der Waals surface area contributed by atoms with Gasteiger partial charge in [0.1, 0.15) is 5.65 Å². The van der Waals surface area contributed by atoms with Crippen LogP contribution in [0.3, 0.4) is 0 Å². The molecular weight excluding hydrogens is 448 g/mol. The van der Waals surface area contributed by atoms with Crippen molar-refractivity contribution in [1.29, 1.82) is 0 Å². The third-order valence-electron chi connectivity index (χ3n) is 6.77. The molecule has 0 unspecified atom stereocenters. The number of anilines is 3. The number of hydrogen-bond donors (Lipinski definition) is 2. The van der Waals surface area contributed by atoms with Crippen LogP contribution in [0.1, 0.15) is 5.56 Å². The smallest absolute Gasteiger partial charge is 0.252 e. The Morgan fingerprint density at radius 3 is 2.47 bits per heavy atom. The monoisotopic (exact) mass is 476 g/mol. The summed E-state index contributed by atoms with van der Waals surface area (Å²) in [5.41, 5.74) is 3.89. The van der Waals surface area contributed by atoms with Crippen LogP contribution < -0.4 is 21.1 Å². The highest BCUT2D eigenvalue weighted by Crippen LogP contribution is 2.21. The lowest BCUT2D eigenvalue weighted by Gasteiger charge is -2.29. The summed E-state index contributed by atoms with van der Waals surface area (Å²) in [7, 11) is 0. The van der Waals surface area contributed by atoms with Gasteiger partial charge in [0.05, 0.1) is 0 Å². The number of nitrogens with zero attached hydrogens (tertiary/aromatic N) is 4. The number of fused-ring (bicyclic) bond motifs is 2. The van der Waals surface area contributed by atoms with Gasteiger partial charge in [-0.3, -0.25) is 9.36 Å². The van der Waals surface area contributed by atoms with Gasteiger partial charge < -0.3 is 15.5 Å². The van der Waals surface area contributed by atoms with E-state index in [-0.39, 0.29) is 5.56 Å². The number of piperazine rings is 1. The van der Waals surface area contributed by atoms with Crippen molar-refractivity contribution >= 4 is 39.1 Å².